The van der Waals surface area contributed by atoms with Crippen molar-refractivity contribution in [3.8, 4) is 0 Å². The third-order valence-electron chi connectivity index (χ3n) is 4.88. The summed E-state index contributed by atoms with van der Waals surface area (Å²) in [5.41, 5.74) is 8.41. The van der Waals surface area contributed by atoms with Crippen LogP contribution in [-0.4, -0.2) is 35.5 Å². The Morgan fingerprint density at radius 3 is 2.35 bits per heavy atom. The van der Waals surface area contributed by atoms with Gasteiger partial charge in [-0.25, -0.2) is 0 Å². The maximum Gasteiger partial charge on any atom is 0.246 e. The largest absolute Gasteiger partial charge is 0.392 e. The number of hydrogen-bond acceptors (Lipinski definition) is 5. The lowest BCUT2D eigenvalue weighted by molar-refractivity contribution is -0.127. The number of nitrogens with two attached hydrogens (primary N) is 1. The van der Waals surface area contributed by atoms with Crippen LogP contribution >= 0.6 is 0 Å². The molecule has 2 aromatic rings. The maximum absolute atomic E-state index is 12.9. The van der Waals surface area contributed by atoms with Gasteiger partial charge in [0, 0.05) is 12.2 Å². The fourth-order valence-electron chi connectivity index (χ4n) is 3.11. The predicted octanol–water partition coefficient (Wildman–Crippen LogP) is 2.08. The third-order valence-corrected chi connectivity index (χ3v) is 4.88. The summed E-state index contributed by atoms with van der Waals surface area (Å²) in [6.45, 7) is 4.30. The van der Waals surface area contributed by atoms with E-state index in [1.54, 1.807) is 30.5 Å². The first-order valence-electron chi connectivity index (χ1n) is 10.5. The highest BCUT2D eigenvalue weighted by atomic mass is 16.3. The van der Waals surface area contributed by atoms with Gasteiger partial charge in [0.05, 0.1) is 12.6 Å². The van der Waals surface area contributed by atoms with Crippen molar-refractivity contribution in [2.24, 2.45) is 5.73 Å². The van der Waals surface area contributed by atoms with Crippen molar-refractivity contribution in [1.29, 1.82) is 0 Å². The van der Waals surface area contributed by atoms with E-state index in [1.807, 2.05) is 30.3 Å². The molecule has 0 aromatic heterocycles. The zero-order valence-electron chi connectivity index (χ0n) is 17.7. The standard InChI is InChI=1S/C24H32N4O3/c1-2-26-15-7-6-10-22(24(31)27-20-13-11-19(17-29)12-14-20)28-23(30)21(25)16-18-8-4-3-5-9-18/h2-5,8-9,11-14,21-22,26,29H,1,6-7,10,15-17,25H2,(H,27,31)(H,28,30)/t21-,22-/m0/s1. The fourth-order valence-corrected chi connectivity index (χ4v) is 3.11. The van der Waals surface area contributed by atoms with Crippen LogP contribution in [0, 0.1) is 0 Å². The molecule has 0 aliphatic carbocycles. The molecule has 2 atom stereocenters. The molecule has 6 N–H and O–H groups in total. The molecule has 0 spiro atoms. The van der Waals surface area contributed by atoms with Gasteiger partial charge in [0.15, 0.2) is 0 Å². The average Bonchev–Trinajstić information content (AvgIpc) is 2.79. The second-order valence-electron chi connectivity index (χ2n) is 7.36. The number of aliphatic hydroxyl groups excluding tert-OH is 1. The van der Waals surface area contributed by atoms with Gasteiger partial charge in [0.2, 0.25) is 11.8 Å². The Bertz CT molecular complexity index is 824. The van der Waals surface area contributed by atoms with Crippen LogP contribution in [0.25, 0.3) is 0 Å². The van der Waals surface area contributed by atoms with Gasteiger partial charge < -0.3 is 26.8 Å². The molecule has 0 unspecified atom stereocenters. The molecule has 7 nitrogen and oxygen atoms in total. The van der Waals surface area contributed by atoms with Gasteiger partial charge in [0.1, 0.15) is 6.04 Å². The minimum Gasteiger partial charge on any atom is -0.392 e. The number of rotatable bonds is 13. The molecule has 0 aliphatic rings. The number of benzene rings is 2. The van der Waals surface area contributed by atoms with E-state index in [0.29, 0.717) is 18.5 Å². The van der Waals surface area contributed by atoms with Crippen LogP contribution < -0.4 is 21.7 Å². The maximum atomic E-state index is 12.9. The first kappa shape index (κ1) is 24.1. The minimum absolute atomic E-state index is 0.0645. The minimum atomic E-state index is -0.746. The van der Waals surface area contributed by atoms with E-state index in [9.17, 15) is 9.59 Å². The van der Waals surface area contributed by atoms with Crippen LogP contribution in [0.4, 0.5) is 5.69 Å². The quantitative estimate of drug-likeness (QED) is 0.316. The molecule has 2 amide bonds. The topological polar surface area (TPSA) is 116 Å². The summed E-state index contributed by atoms with van der Waals surface area (Å²) in [5, 5.41) is 17.8. The van der Waals surface area contributed by atoms with Gasteiger partial charge >= 0.3 is 0 Å². The van der Waals surface area contributed by atoms with Gasteiger partial charge in [-0.15, -0.1) is 0 Å². The molecule has 0 radical (unpaired) electrons. The normalized spacial score (nSPS) is 12.5. The Morgan fingerprint density at radius 1 is 1.00 bits per heavy atom. The summed E-state index contributed by atoms with van der Waals surface area (Å²) in [6.07, 6.45) is 4.10. The molecule has 0 fully saturated rings. The van der Waals surface area contributed by atoms with Crippen LogP contribution in [0.2, 0.25) is 0 Å². The highest BCUT2D eigenvalue weighted by Gasteiger charge is 2.23. The molecule has 0 aliphatic heterocycles. The van der Waals surface area contributed by atoms with Crippen molar-refractivity contribution in [2.45, 2.75) is 44.4 Å². The Morgan fingerprint density at radius 2 is 1.71 bits per heavy atom. The van der Waals surface area contributed by atoms with Gasteiger partial charge in [-0.05, 0) is 55.1 Å². The molecule has 166 valence electrons. The predicted molar refractivity (Wildman–Crippen MR) is 123 cm³/mol. The highest BCUT2D eigenvalue weighted by Crippen LogP contribution is 2.12. The molecule has 0 saturated carbocycles. The Kier molecular flexibility index (Phi) is 10.3. The highest BCUT2D eigenvalue weighted by molar-refractivity contribution is 5.97. The number of carbonyl (C=O) groups is 2. The number of amides is 2. The zero-order chi connectivity index (χ0) is 22.5. The molecule has 2 aromatic carbocycles. The van der Waals surface area contributed by atoms with Gasteiger partial charge in [-0.3, -0.25) is 9.59 Å². The third kappa shape index (κ3) is 8.62. The molecule has 0 bridgehead atoms. The number of nitrogens with one attached hydrogen (secondary N) is 3. The molecular weight excluding hydrogens is 392 g/mol. The van der Waals surface area contributed by atoms with E-state index in [-0.39, 0.29) is 18.4 Å². The lowest BCUT2D eigenvalue weighted by Gasteiger charge is -2.21. The van der Waals surface area contributed by atoms with E-state index >= 15 is 0 Å². The van der Waals surface area contributed by atoms with Crippen molar-refractivity contribution in [1.82, 2.24) is 10.6 Å². The average molecular weight is 425 g/mol. The second kappa shape index (κ2) is 13.2. The van der Waals surface area contributed by atoms with Crippen molar-refractivity contribution in [3.05, 3.63) is 78.5 Å². The Balaban J connectivity index is 1.98. The van der Waals surface area contributed by atoms with Gasteiger partial charge in [-0.2, -0.15) is 0 Å². The van der Waals surface area contributed by atoms with Crippen LogP contribution in [0.1, 0.15) is 30.4 Å². The van der Waals surface area contributed by atoms with Crippen LogP contribution in [-0.2, 0) is 22.6 Å². The number of carbonyl (C=O) groups excluding carboxylic acids is 2. The summed E-state index contributed by atoms with van der Waals surface area (Å²) in [5.74, 6) is -0.655. The second-order valence-corrected chi connectivity index (χ2v) is 7.36. The SMILES string of the molecule is C=CNCCCC[C@H](NC(=O)[C@@H](N)Cc1ccccc1)C(=O)Nc1ccc(CO)cc1. The van der Waals surface area contributed by atoms with E-state index in [2.05, 4.69) is 22.5 Å². The van der Waals surface area contributed by atoms with Crippen molar-refractivity contribution in [3.63, 3.8) is 0 Å². The molecular formula is C24H32N4O3. The van der Waals surface area contributed by atoms with Crippen molar-refractivity contribution < 1.29 is 14.7 Å². The van der Waals surface area contributed by atoms with E-state index in [1.165, 1.54) is 0 Å². The van der Waals surface area contributed by atoms with Gasteiger partial charge in [0.25, 0.3) is 0 Å². The number of anilines is 1. The Hall–Kier alpha value is -3.16. The summed E-state index contributed by atoms with van der Waals surface area (Å²) in [6, 6.07) is 15.0. The number of hydrogen-bond donors (Lipinski definition) is 5. The van der Waals surface area contributed by atoms with Crippen molar-refractivity contribution >= 4 is 17.5 Å². The zero-order valence-corrected chi connectivity index (χ0v) is 17.7. The smallest absolute Gasteiger partial charge is 0.246 e. The summed E-state index contributed by atoms with van der Waals surface area (Å²) < 4.78 is 0. The summed E-state index contributed by atoms with van der Waals surface area (Å²) in [7, 11) is 0. The summed E-state index contributed by atoms with van der Waals surface area (Å²) >= 11 is 0. The molecule has 7 heteroatoms. The lowest BCUT2D eigenvalue weighted by Crippen LogP contribution is -2.50. The summed E-state index contributed by atoms with van der Waals surface area (Å²) in [4.78, 5) is 25.5. The number of unbranched alkanes of at least 4 members (excludes halogenated alkanes) is 1. The molecule has 0 heterocycles. The Labute approximate surface area is 183 Å². The van der Waals surface area contributed by atoms with Crippen LogP contribution in [0.15, 0.2) is 67.4 Å². The lowest BCUT2D eigenvalue weighted by atomic mass is 10.0. The van der Waals surface area contributed by atoms with Crippen molar-refractivity contribution in [2.75, 3.05) is 11.9 Å². The van der Waals surface area contributed by atoms with Crippen LogP contribution in [0.5, 0.6) is 0 Å². The first-order chi connectivity index (χ1) is 15.0. The fraction of sp³-hybridized carbons (Fsp3) is 0.333. The molecule has 2 rings (SSSR count). The first-order valence-corrected chi connectivity index (χ1v) is 10.5. The molecule has 31 heavy (non-hydrogen) atoms. The van der Waals surface area contributed by atoms with E-state index < -0.39 is 12.1 Å². The molecule has 0 saturated heterocycles. The van der Waals surface area contributed by atoms with E-state index in [0.717, 1.165) is 30.5 Å². The number of aliphatic hydroxyl groups is 1. The van der Waals surface area contributed by atoms with E-state index in [4.69, 9.17) is 10.8 Å². The monoisotopic (exact) mass is 424 g/mol. The van der Waals surface area contributed by atoms with Crippen LogP contribution in [0.3, 0.4) is 0 Å². The van der Waals surface area contributed by atoms with Gasteiger partial charge in [-0.1, -0.05) is 49.0 Å².